The number of carboxylic acid groups (broad SMARTS) is 2. The second kappa shape index (κ2) is 19.2. The molecule has 0 aliphatic carbocycles. The van der Waals surface area contributed by atoms with Crippen LogP contribution in [0.1, 0.15) is 62.6 Å². The smallest absolute Gasteiger partial charge is 0.422 e. The molecular weight excluding hydrogens is 623 g/mol. The highest BCUT2D eigenvalue weighted by Gasteiger charge is 2.29. The average molecular weight is 665 g/mol. The van der Waals surface area contributed by atoms with Crippen LogP contribution >= 0.6 is 0 Å². The first-order chi connectivity index (χ1) is 22.2. The van der Waals surface area contributed by atoms with Gasteiger partial charge in [0.1, 0.15) is 12.1 Å². The van der Waals surface area contributed by atoms with Gasteiger partial charge in [0, 0.05) is 32.6 Å². The number of aliphatic carboxylic acids is 2. The van der Waals surface area contributed by atoms with Crippen LogP contribution in [0.25, 0.3) is 0 Å². The summed E-state index contributed by atoms with van der Waals surface area (Å²) in [6, 6.07) is 11.7. The largest absolute Gasteiger partial charge is 0.550 e. The number of carboxylic acids is 2. The van der Waals surface area contributed by atoms with Gasteiger partial charge in [-0.1, -0.05) is 25.1 Å². The number of carbonyl (C=O) groups excluding carboxylic acids is 2. The van der Waals surface area contributed by atoms with E-state index in [1.165, 1.54) is 11.6 Å². The molecule has 3 N–H and O–H groups in total. The van der Waals surface area contributed by atoms with Crippen molar-refractivity contribution in [1.29, 1.82) is 5.26 Å². The van der Waals surface area contributed by atoms with Gasteiger partial charge in [-0.25, -0.2) is 4.79 Å². The SMILES string of the molecule is CC(=O)N[C@H](CCC(=O)[O-])C(=O)O.C[C@@H](CCCOc1ccccc1OCC(F)(F)F)Cc1cc(C#N)c2c(c1)CCN2CCCO. The summed E-state index contributed by atoms with van der Waals surface area (Å²) in [5, 5.41) is 39.4. The first-order valence-corrected chi connectivity index (χ1v) is 15.3. The molecule has 0 spiro atoms. The fourth-order valence-electron chi connectivity index (χ4n) is 5.11. The summed E-state index contributed by atoms with van der Waals surface area (Å²) in [6.07, 6.45) is -0.903. The molecule has 11 nitrogen and oxygen atoms in total. The number of halogens is 3. The van der Waals surface area contributed by atoms with Gasteiger partial charge in [0.2, 0.25) is 5.91 Å². The molecule has 2 atom stereocenters. The maximum absolute atomic E-state index is 12.4. The molecule has 47 heavy (non-hydrogen) atoms. The lowest BCUT2D eigenvalue weighted by atomic mass is 9.93. The summed E-state index contributed by atoms with van der Waals surface area (Å²) in [5.74, 6) is -2.35. The minimum absolute atomic E-state index is 0.0862. The molecule has 0 bridgehead atoms. The Morgan fingerprint density at radius 3 is 2.38 bits per heavy atom. The van der Waals surface area contributed by atoms with Gasteiger partial charge in [-0.3, -0.25) is 4.79 Å². The fraction of sp³-hybridized carbons (Fsp3) is 0.515. The maximum atomic E-state index is 12.4. The molecule has 14 heteroatoms. The lowest BCUT2D eigenvalue weighted by Crippen LogP contribution is -2.40. The van der Waals surface area contributed by atoms with Crippen molar-refractivity contribution in [1.82, 2.24) is 5.32 Å². The van der Waals surface area contributed by atoms with E-state index in [9.17, 15) is 37.9 Å². The third kappa shape index (κ3) is 14.2. The summed E-state index contributed by atoms with van der Waals surface area (Å²) in [5.41, 5.74) is 4.03. The summed E-state index contributed by atoms with van der Waals surface area (Å²) >= 11 is 0. The van der Waals surface area contributed by atoms with Gasteiger partial charge in [0.25, 0.3) is 0 Å². The minimum atomic E-state index is -4.40. The topological polar surface area (TPSA) is 172 Å². The van der Waals surface area contributed by atoms with Crippen molar-refractivity contribution in [2.24, 2.45) is 5.92 Å². The molecule has 0 saturated heterocycles. The van der Waals surface area contributed by atoms with E-state index in [0.717, 1.165) is 56.9 Å². The van der Waals surface area contributed by atoms with Gasteiger partial charge in [-0.05, 0) is 80.2 Å². The van der Waals surface area contributed by atoms with Crippen LogP contribution in [0.4, 0.5) is 18.9 Å². The van der Waals surface area contributed by atoms with Crippen molar-refractivity contribution >= 4 is 23.5 Å². The number of fused-ring (bicyclic) bond motifs is 1. The Bertz CT molecular complexity index is 1380. The zero-order valence-corrected chi connectivity index (χ0v) is 26.5. The van der Waals surface area contributed by atoms with Crippen LogP contribution in [0, 0.1) is 17.2 Å². The Balaban J connectivity index is 0.000000500. The number of alkyl halides is 3. The standard InChI is InChI=1S/C26H31F3N2O3.C7H11NO5/c1-19(6-4-13-33-23-7-2-3-8-24(23)34-18-26(27,28)29)14-20-15-21-9-11-31(10-5-12-32)25(21)22(16-20)17-30;1-4(9)8-5(7(12)13)2-3-6(10)11/h2-3,7-8,15-16,19,32H,4-6,9-14,18H2,1H3;5H,2-3H2,1H3,(H,8,9)(H,10,11)(H,12,13)/p-1/t19-;5-/m01/s1. The molecule has 0 unspecified atom stereocenters. The van der Waals surface area contributed by atoms with Crippen molar-refractivity contribution in [2.45, 2.75) is 71.0 Å². The van der Waals surface area contributed by atoms with Crippen LogP contribution in [0.3, 0.4) is 0 Å². The number of para-hydroxylation sites is 2. The zero-order valence-electron chi connectivity index (χ0n) is 26.5. The number of benzene rings is 2. The van der Waals surface area contributed by atoms with Crippen LogP contribution in [0.15, 0.2) is 36.4 Å². The number of nitrogens with zero attached hydrogens (tertiary/aromatic N) is 2. The van der Waals surface area contributed by atoms with Gasteiger partial charge >= 0.3 is 12.1 Å². The van der Waals surface area contributed by atoms with Crippen molar-refractivity contribution in [3.8, 4) is 17.6 Å². The number of hydrogen-bond donors (Lipinski definition) is 3. The molecule has 1 aliphatic heterocycles. The van der Waals surface area contributed by atoms with Crippen LogP contribution in [0.2, 0.25) is 0 Å². The van der Waals surface area contributed by atoms with Crippen LogP contribution in [0.5, 0.6) is 11.5 Å². The Labute approximate surface area is 271 Å². The third-order valence-electron chi connectivity index (χ3n) is 7.16. The normalized spacial score (nSPS) is 13.3. The summed E-state index contributed by atoms with van der Waals surface area (Å²) in [4.78, 5) is 33.1. The van der Waals surface area contributed by atoms with E-state index in [0.29, 0.717) is 30.3 Å². The first kappa shape index (κ1) is 38.7. The maximum Gasteiger partial charge on any atom is 0.422 e. The second-order valence-corrected chi connectivity index (χ2v) is 11.2. The molecule has 0 aromatic heterocycles. The number of hydrogen-bond acceptors (Lipinski definition) is 9. The monoisotopic (exact) mass is 664 g/mol. The number of nitriles is 1. The molecular formula is C33H41F3N3O8-. The Morgan fingerprint density at radius 2 is 1.81 bits per heavy atom. The molecule has 2 aromatic rings. The number of aliphatic hydroxyl groups is 1. The van der Waals surface area contributed by atoms with E-state index < -0.39 is 43.1 Å². The Hall–Kier alpha value is -4.51. The molecule has 0 fully saturated rings. The third-order valence-corrected chi connectivity index (χ3v) is 7.16. The number of amides is 1. The Kier molecular flexibility index (Phi) is 15.8. The number of nitrogens with one attached hydrogen (secondary N) is 1. The first-order valence-electron chi connectivity index (χ1n) is 15.3. The number of anilines is 1. The molecule has 0 saturated carbocycles. The van der Waals surface area contributed by atoms with Gasteiger partial charge < -0.3 is 39.8 Å². The molecule has 258 valence electrons. The van der Waals surface area contributed by atoms with E-state index >= 15 is 0 Å². The lowest BCUT2D eigenvalue weighted by molar-refractivity contribution is -0.305. The predicted octanol–water partition coefficient (Wildman–Crippen LogP) is 3.39. The van der Waals surface area contributed by atoms with Crippen LogP contribution in [-0.2, 0) is 27.2 Å². The highest BCUT2D eigenvalue weighted by Crippen LogP contribution is 2.34. The van der Waals surface area contributed by atoms with Crippen LogP contribution in [-0.4, -0.2) is 73.2 Å². The number of carbonyl (C=O) groups is 3. The molecule has 3 rings (SSSR count). The van der Waals surface area contributed by atoms with Gasteiger partial charge in [0.05, 0.1) is 17.9 Å². The quantitative estimate of drug-likeness (QED) is 0.213. The van der Waals surface area contributed by atoms with Crippen molar-refractivity contribution in [3.05, 3.63) is 53.1 Å². The number of rotatable bonds is 17. The highest BCUT2D eigenvalue weighted by atomic mass is 19.4. The van der Waals surface area contributed by atoms with Crippen LogP contribution < -0.4 is 24.8 Å². The second-order valence-electron chi connectivity index (χ2n) is 11.2. The van der Waals surface area contributed by atoms with E-state index in [2.05, 4.69) is 29.3 Å². The van der Waals surface area contributed by atoms with Crippen molar-refractivity contribution in [3.63, 3.8) is 0 Å². The summed E-state index contributed by atoms with van der Waals surface area (Å²) in [7, 11) is 0. The van der Waals surface area contributed by atoms with Crippen molar-refractivity contribution in [2.75, 3.05) is 37.8 Å². The predicted molar refractivity (Wildman–Crippen MR) is 164 cm³/mol. The van der Waals surface area contributed by atoms with E-state index in [4.69, 9.17) is 19.7 Å². The van der Waals surface area contributed by atoms with E-state index in [1.54, 1.807) is 18.2 Å². The minimum Gasteiger partial charge on any atom is -0.550 e. The van der Waals surface area contributed by atoms with Gasteiger partial charge in [-0.2, -0.15) is 18.4 Å². The van der Waals surface area contributed by atoms with E-state index in [-0.39, 0.29) is 18.8 Å². The molecule has 1 aliphatic rings. The lowest BCUT2D eigenvalue weighted by Gasteiger charge is -2.21. The number of ether oxygens (including phenoxy) is 2. The Morgan fingerprint density at radius 1 is 1.13 bits per heavy atom. The average Bonchev–Trinajstić information content (AvgIpc) is 3.41. The van der Waals surface area contributed by atoms with Crippen molar-refractivity contribution < 1.29 is 52.3 Å². The highest BCUT2D eigenvalue weighted by molar-refractivity contribution is 5.82. The molecule has 0 radical (unpaired) electrons. The summed E-state index contributed by atoms with van der Waals surface area (Å²) in [6.45, 7) is 4.09. The summed E-state index contributed by atoms with van der Waals surface area (Å²) < 4.78 is 47.9. The number of aliphatic hydroxyl groups excluding tert-OH is 1. The fourth-order valence-corrected chi connectivity index (χ4v) is 5.11. The molecule has 2 aromatic carbocycles. The van der Waals surface area contributed by atoms with Gasteiger partial charge in [0.15, 0.2) is 18.1 Å². The van der Waals surface area contributed by atoms with E-state index in [1.807, 2.05) is 6.07 Å². The zero-order chi connectivity index (χ0) is 35.0. The molecule has 1 heterocycles. The molecule has 1 amide bonds. The van der Waals surface area contributed by atoms with Gasteiger partial charge in [-0.15, -0.1) is 0 Å².